The predicted octanol–water partition coefficient (Wildman–Crippen LogP) is 3.33. The first-order valence-corrected chi connectivity index (χ1v) is 11.8. The molecule has 0 bridgehead atoms. The molecule has 1 saturated heterocycles. The molecule has 39 heavy (non-hydrogen) atoms. The van der Waals surface area contributed by atoms with Crippen molar-refractivity contribution < 1.29 is 38.8 Å². The summed E-state index contributed by atoms with van der Waals surface area (Å²) in [6, 6.07) is 14.5. The van der Waals surface area contributed by atoms with Crippen LogP contribution in [0.1, 0.15) is 36.2 Å². The molecule has 10 heteroatoms. The van der Waals surface area contributed by atoms with Gasteiger partial charge in [-0.3, -0.25) is 19.9 Å². The van der Waals surface area contributed by atoms with Crippen LogP contribution in [0.5, 0.6) is 5.75 Å². The zero-order chi connectivity index (χ0) is 27.8. The van der Waals surface area contributed by atoms with Gasteiger partial charge in [0.05, 0.1) is 17.6 Å². The molecule has 201 valence electrons. The predicted molar refractivity (Wildman–Crippen MR) is 137 cm³/mol. The summed E-state index contributed by atoms with van der Waals surface area (Å²) in [5, 5.41) is 3.33. The topological polar surface area (TPSA) is 123 Å². The second-order valence-corrected chi connectivity index (χ2v) is 7.92. The Kier molecular flexibility index (Phi) is 21.6. The van der Waals surface area contributed by atoms with Crippen LogP contribution in [-0.2, 0) is 47.2 Å². The first-order valence-electron chi connectivity index (χ1n) is 11.8. The number of nitrogens with one attached hydrogen (secondary N) is 1. The molecule has 0 aliphatic carbocycles. The van der Waals surface area contributed by atoms with Gasteiger partial charge in [0.15, 0.2) is 0 Å². The molecule has 1 aliphatic heterocycles. The normalized spacial score (nSPS) is 12.4. The number of unbranched alkanes of at least 4 members (excludes halogenated alkanes) is 1. The average Bonchev–Trinajstić information content (AvgIpc) is 2.96. The summed E-state index contributed by atoms with van der Waals surface area (Å²) in [6.07, 6.45) is 10.2. The van der Waals surface area contributed by atoms with Crippen LogP contribution in [0.3, 0.4) is 0 Å². The molecule has 0 unspecified atom stereocenters. The Morgan fingerprint density at radius 3 is 2.08 bits per heavy atom. The van der Waals surface area contributed by atoms with Gasteiger partial charge in [-0.2, -0.15) is 0 Å². The maximum atomic E-state index is 7.50. The molecule has 0 spiro atoms. The molecule has 3 aromatic heterocycles. The Morgan fingerprint density at radius 1 is 0.949 bits per heavy atom. The first-order chi connectivity index (χ1) is 18.8. The monoisotopic (exact) mass is 608 g/mol. The molecule has 9 nitrogen and oxygen atoms in total. The fourth-order valence-corrected chi connectivity index (χ4v) is 3.46. The molecule has 1 N–H and O–H groups in total. The van der Waals surface area contributed by atoms with E-state index in [9.17, 15) is 0 Å². The van der Waals surface area contributed by atoms with E-state index in [1.54, 1.807) is 12.4 Å². The zero-order valence-electron chi connectivity index (χ0n) is 21.4. The molecule has 4 rings (SSSR count). The Bertz CT molecular complexity index is 1100. The molecule has 4 heterocycles. The molecule has 0 saturated carbocycles. The third kappa shape index (κ3) is 14.9. The van der Waals surface area contributed by atoms with Crippen molar-refractivity contribution in [2.45, 2.75) is 38.4 Å². The Hall–Kier alpha value is -3.40. The van der Waals surface area contributed by atoms with E-state index in [1.165, 1.54) is 6.42 Å². The minimum absolute atomic E-state index is 0. The Balaban J connectivity index is 0.00000193. The minimum atomic E-state index is 0. The molecular weight excluding hydrogens is 580 g/mol. The number of pyridine rings is 3. The van der Waals surface area contributed by atoms with Crippen LogP contribution < -0.4 is 10.1 Å². The van der Waals surface area contributed by atoms with Gasteiger partial charge in [-0.25, -0.2) is 0 Å². The Labute approximate surface area is 243 Å². The van der Waals surface area contributed by atoms with Gasteiger partial charge >= 0.3 is 33.9 Å². The molecule has 3 aromatic rings. The van der Waals surface area contributed by atoms with Crippen molar-refractivity contribution in [1.82, 2.24) is 25.2 Å². The van der Waals surface area contributed by atoms with E-state index < -0.39 is 0 Å². The number of rotatable bonds is 10. The smallest absolute Gasteiger partial charge is 0 e. The van der Waals surface area contributed by atoms with Crippen molar-refractivity contribution >= 4 is 0 Å². The summed E-state index contributed by atoms with van der Waals surface area (Å²) < 4.78 is 28.3. The average molecular weight is 610 g/mol. The van der Waals surface area contributed by atoms with Gasteiger partial charge < -0.3 is 10.1 Å². The zero-order valence-corrected chi connectivity index (χ0v) is 23.2. The van der Waals surface area contributed by atoms with Crippen LogP contribution in [0.4, 0.5) is 0 Å². The number of nitrogens with zero attached hydrogens (tertiary/aromatic N) is 4. The summed E-state index contributed by atoms with van der Waals surface area (Å²) in [6.45, 7) is 17.8. The molecule has 0 aromatic carbocycles. The van der Waals surface area contributed by atoms with Gasteiger partial charge in [0.25, 0.3) is 0 Å². The largest absolute Gasteiger partial charge is 0 e. The summed E-state index contributed by atoms with van der Waals surface area (Å²) in [4.78, 5) is 15.6. The van der Waals surface area contributed by atoms with Gasteiger partial charge in [0, 0.05) is 69.8 Å². The summed E-state index contributed by atoms with van der Waals surface area (Å²) in [7, 11) is 0. The van der Waals surface area contributed by atoms with Crippen LogP contribution in [0.15, 0.2) is 67.3 Å². The molecule has 1 fully saturated rings. The summed E-state index contributed by atoms with van der Waals surface area (Å²) >= 11 is 0. The quantitative estimate of drug-likeness (QED) is 0.163. The second kappa shape index (κ2) is 23.7. The molecule has 1 aliphatic rings. The maximum absolute atomic E-state index is 7.50. The van der Waals surface area contributed by atoms with E-state index in [1.807, 2.05) is 42.7 Å². The molecule has 1 atom stereocenters. The number of hydrogen-bond acceptors (Lipinski definition) is 6. The van der Waals surface area contributed by atoms with E-state index in [2.05, 4.69) is 69.1 Å². The number of ether oxygens (including phenoxy) is 1. The van der Waals surface area contributed by atoms with Crippen LogP contribution in [0.2, 0.25) is 0 Å². The van der Waals surface area contributed by atoms with E-state index in [-0.39, 0.29) is 20.1 Å². The van der Waals surface area contributed by atoms with Crippen LogP contribution >= 0.6 is 0 Å². The molecular formula is C29H29N5O4Tc. The fourth-order valence-electron chi connectivity index (χ4n) is 3.46. The number of aromatic nitrogens is 3. The van der Waals surface area contributed by atoms with Gasteiger partial charge in [0.2, 0.25) is 0 Å². The summed E-state index contributed by atoms with van der Waals surface area (Å²) in [5.41, 5.74) is 3.02. The third-order valence-electron chi connectivity index (χ3n) is 5.32. The SMILES string of the molecule is C(#Cc1cncc(OC[C@@H]2CCN2)c1)CCCN(Cc1ccccn1)Cc1ccccn1.[C-]#[O+].[C-]#[O+].[C-]#[O+].[Tc]. The van der Waals surface area contributed by atoms with Crippen LogP contribution in [0, 0.1) is 31.8 Å². The van der Waals surface area contributed by atoms with E-state index in [4.69, 9.17) is 18.7 Å². The van der Waals surface area contributed by atoms with Crippen molar-refractivity contribution in [3.8, 4) is 17.6 Å². The fraction of sp³-hybridized carbons (Fsp3) is 0.310. The standard InChI is InChI=1S/C26H29N5O.3CO.Tc/c1(2-8-22-16-26(18-27-17-22)32-21-25-11-14-30-25)7-15-31(19-23-9-3-5-12-28-23)20-24-10-4-6-13-29-24;3*1-2;/h3-6,9-10,12-13,16-18,25,30H,1,7,11,14-15,19-21H2;;;;/t25-;;;;/m0..../s1. The van der Waals surface area contributed by atoms with Gasteiger partial charge in [0.1, 0.15) is 12.4 Å². The first kappa shape index (κ1) is 35.6. The van der Waals surface area contributed by atoms with Crippen LogP contribution in [-0.4, -0.2) is 45.6 Å². The third-order valence-corrected chi connectivity index (χ3v) is 5.32. The summed E-state index contributed by atoms with van der Waals surface area (Å²) in [5.74, 6) is 7.29. The van der Waals surface area contributed by atoms with E-state index in [0.29, 0.717) is 12.6 Å². The molecule has 1 radical (unpaired) electrons. The minimum Gasteiger partial charge on any atom is 0 e. The van der Waals surface area contributed by atoms with E-state index in [0.717, 1.165) is 61.7 Å². The Morgan fingerprint density at radius 2 is 1.56 bits per heavy atom. The van der Waals surface area contributed by atoms with Crippen molar-refractivity contribution in [2.75, 3.05) is 19.7 Å². The number of hydrogen-bond donors (Lipinski definition) is 1. The van der Waals surface area contributed by atoms with Crippen molar-refractivity contribution in [3.05, 3.63) is 104 Å². The van der Waals surface area contributed by atoms with Crippen LogP contribution in [0.25, 0.3) is 0 Å². The van der Waals surface area contributed by atoms with Crippen molar-refractivity contribution in [2.24, 2.45) is 0 Å². The second-order valence-electron chi connectivity index (χ2n) is 7.92. The van der Waals surface area contributed by atoms with Crippen molar-refractivity contribution in [1.29, 1.82) is 0 Å². The van der Waals surface area contributed by atoms with Gasteiger partial charge in [-0.05, 0) is 56.3 Å². The van der Waals surface area contributed by atoms with Gasteiger partial charge in [-0.15, -0.1) is 0 Å². The van der Waals surface area contributed by atoms with E-state index >= 15 is 0 Å². The van der Waals surface area contributed by atoms with Crippen molar-refractivity contribution in [3.63, 3.8) is 0 Å². The molecule has 0 amide bonds. The maximum Gasteiger partial charge on any atom is 0 e. The van der Waals surface area contributed by atoms with Gasteiger partial charge in [-0.1, -0.05) is 24.0 Å².